The lowest BCUT2D eigenvalue weighted by Crippen LogP contribution is -2.48. The highest BCUT2D eigenvalue weighted by molar-refractivity contribution is 5.96. The summed E-state index contributed by atoms with van der Waals surface area (Å²) >= 11 is 0. The van der Waals surface area contributed by atoms with E-state index in [4.69, 9.17) is 9.47 Å². The van der Waals surface area contributed by atoms with Gasteiger partial charge in [-0.2, -0.15) is 4.98 Å². The van der Waals surface area contributed by atoms with Crippen molar-refractivity contribution in [3.63, 3.8) is 0 Å². The fourth-order valence-corrected chi connectivity index (χ4v) is 2.46. The number of pyridine rings is 1. The average Bonchev–Trinajstić information content (AvgIpc) is 2.61. The number of hydrogen-bond acceptors (Lipinski definition) is 6. The van der Waals surface area contributed by atoms with Crippen molar-refractivity contribution in [1.82, 2.24) is 9.88 Å². The van der Waals surface area contributed by atoms with Gasteiger partial charge in [-0.15, -0.1) is 0 Å². The van der Waals surface area contributed by atoms with Crippen molar-refractivity contribution < 1.29 is 19.1 Å². The Labute approximate surface area is 141 Å². The van der Waals surface area contributed by atoms with Crippen LogP contribution in [0.3, 0.4) is 0 Å². The molecule has 0 radical (unpaired) electrons. The summed E-state index contributed by atoms with van der Waals surface area (Å²) in [6, 6.07) is 3.46. The Bertz CT molecular complexity index is 600. The summed E-state index contributed by atoms with van der Waals surface area (Å²) in [6.07, 6.45) is -0.561. The van der Waals surface area contributed by atoms with Gasteiger partial charge >= 0.3 is 0 Å². The van der Waals surface area contributed by atoms with E-state index in [0.717, 1.165) is 0 Å². The van der Waals surface area contributed by atoms with Gasteiger partial charge in [-0.3, -0.25) is 9.59 Å². The molecule has 1 aromatic heterocycles. The number of aromatic nitrogens is 1. The third-order valence-electron chi connectivity index (χ3n) is 4.06. The van der Waals surface area contributed by atoms with Crippen molar-refractivity contribution in [2.24, 2.45) is 0 Å². The number of ether oxygens (including phenoxy) is 2. The Morgan fingerprint density at radius 3 is 2.42 bits per heavy atom. The molecule has 2 heterocycles. The van der Waals surface area contributed by atoms with Gasteiger partial charge in [0, 0.05) is 46.3 Å². The Morgan fingerprint density at radius 2 is 1.88 bits per heavy atom. The highest BCUT2D eigenvalue weighted by atomic mass is 16.5. The Morgan fingerprint density at radius 1 is 1.21 bits per heavy atom. The van der Waals surface area contributed by atoms with Crippen LogP contribution in [0.2, 0.25) is 0 Å². The fourth-order valence-electron chi connectivity index (χ4n) is 2.46. The minimum atomic E-state index is -0.561. The second-order valence-corrected chi connectivity index (χ2v) is 5.59. The molecule has 0 spiro atoms. The zero-order valence-electron chi connectivity index (χ0n) is 14.5. The van der Waals surface area contributed by atoms with E-state index < -0.39 is 6.10 Å². The first-order valence-corrected chi connectivity index (χ1v) is 7.85. The minimum absolute atomic E-state index is 0.0655. The first-order chi connectivity index (χ1) is 11.5. The minimum Gasteiger partial charge on any atom is -0.481 e. The molecule has 1 N–H and O–H groups in total. The van der Waals surface area contributed by atoms with Crippen molar-refractivity contribution in [1.29, 1.82) is 0 Å². The van der Waals surface area contributed by atoms with Crippen molar-refractivity contribution in [3.05, 3.63) is 12.1 Å². The van der Waals surface area contributed by atoms with Crippen LogP contribution in [-0.4, -0.2) is 68.2 Å². The molecule has 1 aromatic rings. The smallest absolute Gasteiger partial charge is 0.253 e. The van der Waals surface area contributed by atoms with Crippen LogP contribution < -0.4 is 15.0 Å². The number of nitrogens with zero attached hydrogens (tertiary/aromatic N) is 3. The van der Waals surface area contributed by atoms with Gasteiger partial charge in [0.05, 0.1) is 12.8 Å². The van der Waals surface area contributed by atoms with Crippen LogP contribution in [-0.2, 0) is 14.3 Å². The maximum Gasteiger partial charge on any atom is 0.253 e. The predicted molar refractivity (Wildman–Crippen MR) is 90.4 cm³/mol. The number of anilines is 2. The summed E-state index contributed by atoms with van der Waals surface area (Å²) in [5.74, 6) is 0.926. The maximum atomic E-state index is 12.1. The first kappa shape index (κ1) is 18.0. The number of carbonyl (C=O) groups is 2. The van der Waals surface area contributed by atoms with Gasteiger partial charge in [0.15, 0.2) is 5.82 Å². The molecule has 0 aromatic carbocycles. The quantitative estimate of drug-likeness (QED) is 0.853. The van der Waals surface area contributed by atoms with Gasteiger partial charge < -0.3 is 24.6 Å². The largest absolute Gasteiger partial charge is 0.481 e. The third kappa shape index (κ3) is 4.14. The summed E-state index contributed by atoms with van der Waals surface area (Å²) in [7, 11) is 3.03. The van der Waals surface area contributed by atoms with Crippen LogP contribution in [0.15, 0.2) is 12.1 Å². The Hall–Kier alpha value is -2.35. The topological polar surface area (TPSA) is 84.0 Å². The van der Waals surface area contributed by atoms with E-state index >= 15 is 0 Å². The Kier molecular flexibility index (Phi) is 5.97. The summed E-state index contributed by atoms with van der Waals surface area (Å²) in [4.78, 5) is 31.9. The van der Waals surface area contributed by atoms with Gasteiger partial charge in [-0.05, 0) is 13.0 Å². The molecule has 8 heteroatoms. The molecule has 1 fully saturated rings. The van der Waals surface area contributed by atoms with Crippen molar-refractivity contribution in [2.75, 3.05) is 50.6 Å². The van der Waals surface area contributed by atoms with Crippen LogP contribution in [0.1, 0.15) is 13.8 Å². The van der Waals surface area contributed by atoms with Gasteiger partial charge in [-0.25, -0.2) is 0 Å². The standard InChI is InChI=1S/C16H24N4O4/c1-11(23-3)16(22)17-13-5-6-14(24-4)18-15(13)20-9-7-19(8-10-20)12(2)21/h5-6,11H,7-10H2,1-4H3,(H,17,22)/t11-/m0/s1. The molecular weight excluding hydrogens is 312 g/mol. The molecule has 0 unspecified atom stereocenters. The van der Waals surface area contributed by atoms with Crippen LogP contribution in [0.4, 0.5) is 11.5 Å². The summed E-state index contributed by atoms with van der Waals surface area (Å²) < 4.78 is 10.2. The van der Waals surface area contributed by atoms with Crippen molar-refractivity contribution in [3.8, 4) is 5.88 Å². The Balaban J connectivity index is 2.20. The molecule has 0 aliphatic carbocycles. The molecule has 2 amide bonds. The molecule has 8 nitrogen and oxygen atoms in total. The molecule has 1 saturated heterocycles. The lowest BCUT2D eigenvalue weighted by atomic mass is 10.2. The second-order valence-electron chi connectivity index (χ2n) is 5.59. The molecule has 1 atom stereocenters. The molecule has 132 valence electrons. The van der Waals surface area contributed by atoms with E-state index in [-0.39, 0.29) is 11.8 Å². The van der Waals surface area contributed by atoms with Crippen LogP contribution in [0.25, 0.3) is 0 Å². The number of hydrogen-bond donors (Lipinski definition) is 1. The highest BCUT2D eigenvalue weighted by Gasteiger charge is 2.23. The third-order valence-corrected chi connectivity index (χ3v) is 4.06. The first-order valence-electron chi connectivity index (χ1n) is 7.85. The van der Waals surface area contributed by atoms with Crippen LogP contribution in [0.5, 0.6) is 5.88 Å². The number of nitrogens with one attached hydrogen (secondary N) is 1. The fraction of sp³-hybridized carbons (Fsp3) is 0.562. The van der Waals surface area contributed by atoms with Crippen LogP contribution in [0, 0.1) is 0 Å². The predicted octanol–water partition coefficient (Wildman–Crippen LogP) is 0.732. The summed E-state index contributed by atoms with van der Waals surface area (Å²) in [5.41, 5.74) is 0.598. The molecule has 2 rings (SSSR count). The molecule has 0 saturated carbocycles. The zero-order valence-corrected chi connectivity index (χ0v) is 14.5. The van der Waals surface area contributed by atoms with E-state index in [0.29, 0.717) is 43.6 Å². The van der Waals surface area contributed by atoms with Crippen molar-refractivity contribution in [2.45, 2.75) is 20.0 Å². The lowest BCUT2D eigenvalue weighted by molar-refractivity contribution is -0.129. The van der Waals surface area contributed by atoms with Gasteiger partial charge in [0.2, 0.25) is 11.8 Å². The second kappa shape index (κ2) is 7.96. The van der Waals surface area contributed by atoms with E-state index in [1.165, 1.54) is 7.11 Å². The van der Waals surface area contributed by atoms with Gasteiger partial charge in [0.1, 0.15) is 6.10 Å². The van der Waals surface area contributed by atoms with E-state index in [1.807, 2.05) is 4.90 Å². The number of piperazine rings is 1. The molecule has 24 heavy (non-hydrogen) atoms. The monoisotopic (exact) mass is 336 g/mol. The van der Waals surface area contributed by atoms with E-state index in [9.17, 15) is 9.59 Å². The van der Waals surface area contributed by atoms with E-state index in [2.05, 4.69) is 10.3 Å². The van der Waals surface area contributed by atoms with Gasteiger partial charge in [-0.1, -0.05) is 0 Å². The zero-order chi connectivity index (χ0) is 17.7. The van der Waals surface area contributed by atoms with Crippen molar-refractivity contribution >= 4 is 23.3 Å². The number of rotatable bonds is 5. The SMILES string of the molecule is COc1ccc(NC(=O)[C@H](C)OC)c(N2CCN(C(C)=O)CC2)n1. The van der Waals surface area contributed by atoms with Crippen LogP contribution >= 0.6 is 0 Å². The summed E-state index contributed by atoms with van der Waals surface area (Å²) in [5, 5.41) is 2.84. The normalized spacial score (nSPS) is 15.8. The molecular formula is C16H24N4O4. The highest BCUT2D eigenvalue weighted by Crippen LogP contribution is 2.27. The summed E-state index contributed by atoms with van der Waals surface area (Å²) in [6.45, 7) is 5.77. The van der Waals surface area contributed by atoms with Gasteiger partial charge in [0.25, 0.3) is 5.91 Å². The molecule has 1 aliphatic rings. The number of carbonyl (C=O) groups excluding carboxylic acids is 2. The van der Waals surface area contributed by atoms with E-state index in [1.54, 1.807) is 38.0 Å². The molecule has 1 aliphatic heterocycles. The maximum absolute atomic E-state index is 12.1. The number of methoxy groups -OCH3 is 2. The average molecular weight is 336 g/mol. The lowest BCUT2D eigenvalue weighted by Gasteiger charge is -2.35. The number of amides is 2. The molecule has 0 bridgehead atoms.